The van der Waals surface area contributed by atoms with Gasteiger partial charge in [0.05, 0.1) is 11.9 Å². The summed E-state index contributed by atoms with van der Waals surface area (Å²) in [6, 6.07) is 4.63. The number of ether oxygens (including phenoxy) is 1. The van der Waals surface area contributed by atoms with Gasteiger partial charge in [-0.15, -0.1) is 0 Å². The number of halogens is 1. The maximum absolute atomic E-state index is 11.9. The first-order valence-electron chi connectivity index (χ1n) is 5.15. The summed E-state index contributed by atoms with van der Waals surface area (Å²) < 4.78 is 4.96. The normalized spacial score (nSPS) is 12.2. The van der Waals surface area contributed by atoms with Gasteiger partial charge in [0.2, 0.25) is 0 Å². The number of benzene rings is 1. The van der Waals surface area contributed by atoms with E-state index in [9.17, 15) is 9.90 Å². The van der Waals surface area contributed by atoms with Crippen molar-refractivity contribution >= 4 is 21.7 Å². The maximum Gasteiger partial charge on any atom is 0.176 e. The summed E-state index contributed by atoms with van der Waals surface area (Å²) in [4.78, 5) is 11.8. The average Bonchev–Trinajstić information content (AvgIpc) is 2.29. The molecule has 0 heterocycles. The molecule has 88 valence electrons. The van der Waals surface area contributed by atoms with Crippen LogP contribution in [0.25, 0.3) is 0 Å². The zero-order valence-corrected chi connectivity index (χ0v) is 11.0. The number of ketones is 1. The van der Waals surface area contributed by atoms with Crippen LogP contribution < -0.4 is 4.74 Å². The quantitative estimate of drug-likeness (QED) is 0.668. The van der Waals surface area contributed by atoms with E-state index >= 15 is 0 Å². The van der Waals surface area contributed by atoms with E-state index in [0.717, 1.165) is 12.8 Å². The summed E-state index contributed by atoms with van der Waals surface area (Å²) in [6.45, 7) is 2.03. The molecule has 0 aliphatic carbocycles. The van der Waals surface area contributed by atoms with E-state index in [4.69, 9.17) is 4.74 Å². The summed E-state index contributed by atoms with van der Waals surface area (Å²) >= 11 is 3.35. The number of aromatic hydroxyl groups is 1. The maximum atomic E-state index is 11.9. The van der Waals surface area contributed by atoms with Crippen LogP contribution in [0.2, 0.25) is 0 Å². The molecular formula is C12H15BrO3. The summed E-state index contributed by atoms with van der Waals surface area (Å²) in [5, 5.41) is 9.41. The highest BCUT2D eigenvalue weighted by molar-refractivity contribution is 9.10. The standard InChI is InChI=1S/C12H15BrO3/c1-3-4-9(13)12(15)8-5-6-10(14)11(7-8)16-2/h5-7,9,14H,3-4H2,1-2H3. The van der Waals surface area contributed by atoms with Crippen LogP contribution in [0.5, 0.6) is 11.5 Å². The van der Waals surface area contributed by atoms with E-state index in [0.29, 0.717) is 11.3 Å². The van der Waals surface area contributed by atoms with Crippen LogP contribution in [0.4, 0.5) is 0 Å². The third-order valence-electron chi connectivity index (χ3n) is 2.29. The molecule has 0 radical (unpaired) electrons. The van der Waals surface area contributed by atoms with Crippen molar-refractivity contribution in [3.8, 4) is 11.5 Å². The molecule has 0 aromatic heterocycles. The number of alkyl halides is 1. The van der Waals surface area contributed by atoms with Crippen LogP contribution in [0.15, 0.2) is 18.2 Å². The predicted molar refractivity (Wildman–Crippen MR) is 66.6 cm³/mol. The zero-order chi connectivity index (χ0) is 12.1. The Hall–Kier alpha value is -1.03. The average molecular weight is 287 g/mol. The van der Waals surface area contributed by atoms with Gasteiger partial charge in [0.25, 0.3) is 0 Å². The lowest BCUT2D eigenvalue weighted by atomic mass is 10.1. The van der Waals surface area contributed by atoms with Gasteiger partial charge < -0.3 is 9.84 Å². The van der Waals surface area contributed by atoms with Crippen LogP contribution in [0.3, 0.4) is 0 Å². The fourth-order valence-corrected chi connectivity index (χ4v) is 2.12. The Labute approximate surface area is 104 Å². The van der Waals surface area contributed by atoms with E-state index in [2.05, 4.69) is 15.9 Å². The summed E-state index contributed by atoms with van der Waals surface area (Å²) in [7, 11) is 1.46. The molecule has 16 heavy (non-hydrogen) atoms. The fraction of sp³-hybridized carbons (Fsp3) is 0.417. The van der Waals surface area contributed by atoms with Gasteiger partial charge in [-0.3, -0.25) is 4.79 Å². The third-order valence-corrected chi connectivity index (χ3v) is 3.16. The van der Waals surface area contributed by atoms with E-state index < -0.39 is 0 Å². The first kappa shape index (κ1) is 13.0. The molecule has 1 atom stereocenters. The van der Waals surface area contributed by atoms with Crippen molar-refractivity contribution in [2.24, 2.45) is 0 Å². The molecule has 1 aromatic rings. The van der Waals surface area contributed by atoms with Gasteiger partial charge >= 0.3 is 0 Å². The van der Waals surface area contributed by atoms with E-state index in [-0.39, 0.29) is 16.4 Å². The SMILES string of the molecule is CCCC(Br)C(=O)c1ccc(O)c(OC)c1. The molecule has 0 amide bonds. The molecule has 1 N–H and O–H groups in total. The van der Waals surface area contributed by atoms with Gasteiger partial charge in [-0.25, -0.2) is 0 Å². The molecule has 0 fully saturated rings. The molecule has 0 saturated heterocycles. The van der Waals surface area contributed by atoms with Crippen molar-refractivity contribution in [2.75, 3.05) is 7.11 Å². The summed E-state index contributed by atoms with van der Waals surface area (Å²) in [5.74, 6) is 0.378. The van der Waals surface area contributed by atoms with Crippen molar-refractivity contribution in [3.05, 3.63) is 23.8 Å². The van der Waals surface area contributed by atoms with Crippen molar-refractivity contribution in [2.45, 2.75) is 24.6 Å². The lowest BCUT2D eigenvalue weighted by molar-refractivity contribution is 0.0988. The fourth-order valence-electron chi connectivity index (χ4n) is 1.40. The minimum absolute atomic E-state index is 0.0140. The van der Waals surface area contributed by atoms with Gasteiger partial charge in [-0.2, -0.15) is 0 Å². The van der Waals surface area contributed by atoms with Gasteiger partial charge in [0.1, 0.15) is 0 Å². The molecule has 1 unspecified atom stereocenters. The Morgan fingerprint density at radius 2 is 2.25 bits per heavy atom. The topological polar surface area (TPSA) is 46.5 Å². The first-order chi connectivity index (χ1) is 7.60. The Kier molecular flexibility index (Phi) is 4.80. The molecule has 0 aliphatic rings. The third kappa shape index (κ3) is 2.98. The highest BCUT2D eigenvalue weighted by atomic mass is 79.9. The second kappa shape index (κ2) is 5.89. The highest BCUT2D eigenvalue weighted by Gasteiger charge is 2.17. The van der Waals surface area contributed by atoms with Crippen molar-refractivity contribution < 1.29 is 14.6 Å². The van der Waals surface area contributed by atoms with Crippen LogP contribution >= 0.6 is 15.9 Å². The largest absolute Gasteiger partial charge is 0.504 e. The monoisotopic (exact) mass is 286 g/mol. The van der Waals surface area contributed by atoms with Gasteiger partial charge in [0.15, 0.2) is 17.3 Å². The van der Waals surface area contributed by atoms with E-state index in [1.807, 2.05) is 6.92 Å². The minimum Gasteiger partial charge on any atom is -0.504 e. The molecule has 0 bridgehead atoms. The lowest BCUT2D eigenvalue weighted by Crippen LogP contribution is -2.13. The number of carbonyl (C=O) groups is 1. The Morgan fingerprint density at radius 1 is 1.56 bits per heavy atom. The van der Waals surface area contributed by atoms with Crippen molar-refractivity contribution in [1.82, 2.24) is 0 Å². The number of carbonyl (C=O) groups excluding carboxylic acids is 1. The zero-order valence-electron chi connectivity index (χ0n) is 9.37. The predicted octanol–water partition coefficient (Wildman–Crippen LogP) is 3.15. The Morgan fingerprint density at radius 3 is 2.81 bits per heavy atom. The van der Waals surface area contributed by atoms with E-state index in [1.165, 1.54) is 13.2 Å². The first-order valence-corrected chi connectivity index (χ1v) is 6.07. The van der Waals surface area contributed by atoms with Crippen LogP contribution in [0.1, 0.15) is 30.1 Å². The number of hydrogen-bond acceptors (Lipinski definition) is 3. The summed E-state index contributed by atoms with van der Waals surface area (Å²) in [5.41, 5.74) is 0.546. The van der Waals surface area contributed by atoms with Gasteiger partial charge in [-0.05, 0) is 24.6 Å². The van der Waals surface area contributed by atoms with E-state index in [1.54, 1.807) is 12.1 Å². The smallest absolute Gasteiger partial charge is 0.176 e. The van der Waals surface area contributed by atoms with Crippen LogP contribution in [-0.2, 0) is 0 Å². The Bertz CT molecular complexity index is 377. The van der Waals surface area contributed by atoms with Crippen molar-refractivity contribution in [1.29, 1.82) is 0 Å². The van der Waals surface area contributed by atoms with Crippen LogP contribution in [0, 0.1) is 0 Å². The lowest BCUT2D eigenvalue weighted by Gasteiger charge is -2.09. The molecule has 0 aliphatic heterocycles. The number of phenolic OH excluding ortho intramolecular Hbond substituents is 1. The number of phenols is 1. The molecular weight excluding hydrogens is 272 g/mol. The molecule has 4 heteroatoms. The molecule has 1 rings (SSSR count). The molecule has 0 saturated carbocycles. The molecule has 0 spiro atoms. The molecule has 1 aromatic carbocycles. The minimum atomic E-state index is -0.174. The Balaban J connectivity index is 2.92. The second-order valence-electron chi connectivity index (χ2n) is 3.51. The van der Waals surface area contributed by atoms with Gasteiger partial charge in [0, 0.05) is 5.56 Å². The number of hydrogen-bond donors (Lipinski definition) is 1. The number of Topliss-reactive ketones (excluding diaryl/α,β-unsaturated/α-hetero) is 1. The summed E-state index contributed by atoms with van der Waals surface area (Å²) in [6.07, 6.45) is 1.74. The number of methoxy groups -OCH3 is 1. The van der Waals surface area contributed by atoms with Crippen molar-refractivity contribution in [3.63, 3.8) is 0 Å². The number of rotatable bonds is 5. The molecule has 3 nitrogen and oxygen atoms in total. The van der Waals surface area contributed by atoms with Gasteiger partial charge in [-0.1, -0.05) is 29.3 Å². The highest BCUT2D eigenvalue weighted by Crippen LogP contribution is 2.27. The van der Waals surface area contributed by atoms with Crippen LogP contribution in [-0.4, -0.2) is 22.8 Å². The second-order valence-corrected chi connectivity index (χ2v) is 4.61.